The molecule has 23 heavy (non-hydrogen) atoms. The van der Waals surface area contributed by atoms with Gasteiger partial charge >= 0.3 is 12.2 Å². The minimum atomic E-state index is -4.44. The van der Waals surface area contributed by atoms with Gasteiger partial charge in [0.1, 0.15) is 0 Å². The molecule has 2 N–H and O–H groups in total. The van der Waals surface area contributed by atoms with Crippen molar-refractivity contribution < 1.29 is 27.4 Å². The molecule has 0 spiro atoms. The van der Waals surface area contributed by atoms with Crippen LogP contribution in [0.3, 0.4) is 0 Å². The van der Waals surface area contributed by atoms with Gasteiger partial charge in [0.05, 0.1) is 6.10 Å². The van der Waals surface area contributed by atoms with Gasteiger partial charge in [-0.05, 0) is 18.9 Å². The molecule has 0 radical (unpaired) electrons. The lowest BCUT2D eigenvalue weighted by atomic mass is 10.2. The molecule has 1 fully saturated rings. The fourth-order valence-electron chi connectivity index (χ4n) is 2.09. The van der Waals surface area contributed by atoms with Crippen molar-refractivity contribution in [1.82, 2.24) is 15.6 Å². The third kappa shape index (κ3) is 6.31. The second kappa shape index (κ2) is 8.00. The third-order valence-electron chi connectivity index (χ3n) is 3.18. The zero-order chi connectivity index (χ0) is 16.7. The lowest BCUT2D eigenvalue weighted by Gasteiger charge is -2.14. The Labute approximate surface area is 131 Å². The summed E-state index contributed by atoms with van der Waals surface area (Å²) in [6, 6.07) is 2.67. The molecular formula is C14H18F3N3O3. The van der Waals surface area contributed by atoms with Gasteiger partial charge in [0, 0.05) is 31.5 Å². The summed E-state index contributed by atoms with van der Waals surface area (Å²) < 4.78 is 46.6. The number of rotatable bonds is 6. The SMILES string of the molecule is O=C(NCc1cccnc1OCC(F)(F)F)NC[C@@H]1CCCO1. The summed E-state index contributed by atoms with van der Waals surface area (Å²) in [6.07, 6.45) is -1.22. The molecule has 2 amide bonds. The smallest absolute Gasteiger partial charge is 0.422 e. The largest absolute Gasteiger partial charge is 0.468 e. The molecule has 0 bridgehead atoms. The maximum atomic E-state index is 12.2. The molecule has 0 aliphatic carbocycles. The fraction of sp³-hybridized carbons (Fsp3) is 0.571. The second-order valence-corrected chi connectivity index (χ2v) is 5.07. The molecule has 1 atom stereocenters. The molecule has 128 valence electrons. The first-order chi connectivity index (χ1) is 10.9. The normalized spacial score (nSPS) is 17.8. The van der Waals surface area contributed by atoms with E-state index in [2.05, 4.69) is 20.4 Å². The maximum Gasteiger partial charge on any atom is 0.422 e. The number of nitrogens with zero attached hydrogens (tertiary/aromatic N) is 1. The molecule has 1 aliphatic rings. The third-order valence-corrected chi connectivity index (χ3v) is 3.18. The van der Waals surface area contributed by atoms with E-state index in [0.717, 1.165) is 12.8 Å². The predicted molar refractivity (Wildman–Crippen MR) is 75.0 cm³/mol. The Balaban J connectivity index is 1.78. The topological polar surface area (TPSA) is 72.5 Å². The number of carbonyl (C=O) groups excluding carboxylic acids is 1. The van der Waals surface area contributed by atoms with Gasteiger partial charge in [-0.25, -0.2) is 9.78 Å². The zero-order valence-corrected chi connectivity index (χ0v) is 12.4. The number of pyridine rings is 1. The van der Waals surface area contributed by atoms with E-state index >= 15 is 0 Å². The Bertz CT molecular complexity index is 519. The minimum Gasteiger partial charge on any atom is -0.468 e. The highest BCUT2D eigenvalue weighted by Gasteiger charge is 2.29. The van der Waals surface area contributed by atoms with E-state index < -0.39 is 18.8 Å². The summed E-state index contributed by atoms with van der Waals surface area (Å²) in [5.41, 5.74) is 0.365. The molecule has 6 nitrogen and oxygen atoms in total. The van der Waals surface area contributed by atoms with E-state index in [0.29, 0.717) is 18.7 Å². The van der Waals surface area contributed by atoms with Gasteiger partial charge in [-0.2, -0.15) is 13.2 Å². The number of ether oxygens (including phenoxy) is 2. The van der Waals surface area contributed by atoms with Gasteiger partial charge in [0.15, 0.2) is 6.61 Å². The van der Waals surface area contributed by atoms with E-state index in [9.17, 15) is 18.0 Å². The minimum absolute atomic E-state index is 0.0123. The average Bonchev–Trinajstić information content (AvgIpc) is 3.02. The van der Waals surface area contributed by atoms with Crippen LogP contribution >= 0.6 is 0 Å². The Kier molecular flexibility index (Phi) is 6.03. The highest BCUT2D eigenvalue weighted by Crippen LogP contribution is 2.19. The Morgan fingerprint density at radius 1 is 1.43 bits per heavy atom. The van der Waals surface area contributed by atoms with Crippen molar-refractivity contribution in [2.75, 3.05) is 19.8 Å². The van der Waals surface area contributed by atoms with Crippen LogP contribution in [0.5, 0.6) is 5.88 Å². The quantitative estimate of drug-likeness (QED) is 0.835. The van der Waals surface area contributed by atoms with E-state index in [1.165, 1.54) is 6.20 Å². The fourth-order valence-corrected chi connectivity index (χ4v) is 2.09. The van der Waals surface area contributed by atoms with Crippen LogP contribution in [0.4, 0.5) is 18.0 Å². The molecule has 2 heterocycles. The van der Waals surface area contributed by atoms with Crippen LogP contribution in [0.1, 0.15) is 18.4 Å². The first kappa shape index (κ1) is 17.3. The number of carbonyl (C=O) groups is 1. The maximum absolute atomic E-state index is 12.2. The number of urea groups is 1. The molecular weight excluding hydrogens is 315 g/mol. The number of aromatic nitrogens is 1. The molecule has 1 saturated heterocycles. The van der Waals surface area contributed by atoms with Crippen LogP contribution in [-0.4, -0.2) is 43.1 Å². The van der Waals surface area contributed by atoms with E-state index in [1.54, 1.807) is 12.1 Å². The van der Waals surface area contributed by atoms with Crippen LogP contribution in [-0.2, 0) is 11.3 Å². The summed E-state index contributed by atoms with van der Waals surface area (Å²) >= 11 is 0. The van der Waals surface area contributed by atoms with Crippen LogP contribution < -0.4 is 15.4 Å². The van der Waals surface area contributed by atoms with Gasteiger partial charge in [-0.15, -0.1) is 0 Å². The monoisotopic (exact) mass is 333 g/mol. The zero-order valence-electron chi connectivity index (χ0n) is 12.4. The molecule has 0 aromatic carbocycles. The standard InChI is InChI=1S/C14H18F3N3O3/c15-14(16,17)9-23-12-10(3-1-5-18-12)7-19-13(21)20-8-11-4-2-6-22-11/h1,3,5,11H,2,4,6-9H2,(H2,19,20,21)/t11-/m0/s1. The number of alkyl halides is 3. The predicted octanol–water partition coefficient (Wildman–Crippen LogP) is 2.00. The van der Waals surface area contributed by atoms with Crippen molar-refractivity contribution >= 4 is 6.03 Å². The number of hydrogen-bond donors (Lipinski definition) is 2. The highest BCUT2D eigenvalue weighted by molar-refractivity contribution is 5.73. The summed E-state index contributed by atoms with van der Waals surface area (Å²) in [4.78, 5) is 15.4. The average molecular weight is 333 g/mol. The van der Waals surface area contributed by atoms with Crippen molar-refractivity contribution in [3.05, 3.63) is 23.9 Å². The van der Waals surface area contributed by atoms with Crippen LogP contribution in [0.25, 0.3) is 0 Å². The van der Waals surface area contributed by atoms with Crippen molar-refractivity contribution in [2.45, 2.75) is 31.7 Å². The highest BCUT2D eigenvalue weighted by atomic mass is 19.4. The number of hydrogen-bond acceptors (Lipinski definition) is 4. The van der Waals surface area contributed by atoms with Crippen molar-refractivity contribution in [1.29, 1.82) is 0 Å². The van der Waals surface area contributed by atoms with Crippen LogP contribution in [0, 0.1) is 0 Å². The van der Waals surface area contributed by atoms with E-state index in [1.807, 2.05) is 0 Å². The van der Waals surface area contributed by atoms with Crippen molar-refractivity contribution in [3.8, 4) is 5.88 Å². The van der Waals surface area contributed by atoms with Crippen LogP contribution in [0.15, 0.2) is 18.3 Å². The van der Waals surface area contributed by atoms with E-state index in [4.69, 9.17) is 4.74 Å². The first-order valence-electron chi connectivity index (χ1n) is 7.21. The molecule has 0 saturated carbocycles. The van der Waals surface area contributed by atoms with Gasteiger partial charge in [0.25, 0.3) is 0 Å². The van der Waals surface area contributed by atoms with Crippen LogP contribution in [0.2, 0.25) is 0 Å². The van der Waals surface area contributed by atoms with Crippen molar-refractivity contribution in [3.63, 3.8) is 0 Å². The summed E-state index contributed by atoms with van der Waals surface area (Å²) in [5, 5.41) is 5.21. The number of halogens is 3. The summed E-state index contributed by atoms with van der Waals surface area (Å²) in [7, 11) is 0. The Morgan fingerprint density at radius 3 is 2.96 bits per heavy atom. The van der Waals surface area contributed by atoms with Gasteiger partial charge < -0.3 is 20.1 Å². The van der Waals surface area contributed by atoms with E-state index in [-0.39, 0.29) is 18.5 Å². The number of amides is 2. The lowest BCUT2D eigenvalue weighted by Crippen LogP contribution is -2.39. The van der Waals surface area contributed by atoms with Gasteiger partial charge in [0.2, 0.25) is 5.88 Å². The molecule has 2 rings (SSSR count). The molecule has 1 aromatic rings. The summed E-state index contributed by atoms with van der Waals surface area (Å²) in [6.45, 7) is -0.319. The second-order valence-electron chi connectivity index (χ2n) is 5.07. The molecule has 1 aliphatic heterocycles. The summed E-state index contributed by atoms with van der Waals surface area (Å²) in [5.74, 6) is -0.149. The molecule has 1 aromatic heterocycles. The molecule has 0 unspecified atom stereocenters. The van der Waals surface area contributed by atoms with Crippen molar-refractivity contribution in [2.24, 2.45) is 0 Å². The first-order valence-corrected chi connectivity index (χ1v) is 7.21. The van der Waals surface area contributed by atoms with Gasteiger partial charge in [-0.3, -0.25) is 0 Å². The molecule has 9 heteroatoms. The Hall–Kier alpha value is -2.03. The number of nitrogens with one attached hydrogen (secondary N) is 2. The lowest BCUT2D eigenvalue weighted by molar-refractivity contribution is -0.154. The van der Waals surface area contributed by atoms with Gasteiger partial charge in [-0.1, -0.05) is 6.07 Å². The Morgan fingerprint density at radius 2 is 2.26 bits per heavy atom.